The van der Waals surface area contributed by atoms with Crippen molar-refractivity contribution < 1.29 is 14.3 Å². The third-order valence-electron chi connectivity index (χ3n) is 2.50. The molecule has 2 rings (SSSR count). The number of halogens is 1. The summed E-state index contributed by atoms with van der Waals surface area (Å²) < 4.78 is 4.71. The van der Waals surface area contributed by atoms with Gasteiger partial charge in [-0.05, 0) is 36.2 Å². The number of hydrogen-bond donors (Lipinski definition) is 1. The van der Waals surface area contributed by atoms with Gasteiger partial charge in [0.05, 0.1) is 0 Å². The first-order chi connectivity index (χ1) is 8.49. The second-order valence-corrected chi connectivity index (χ2v) is 4.17. The largest absolute Gasteiger partial charge is 0.475 e. The Bertz CT molecular complexity index is 673. The van der Waals surface area contributed by atoms with Crippen molar-refractivity contribution in [3.63, 3.8) is 0 Å². The predicted molar refractivity (Wildman–Crippen MR) is 67.1 cm³/mol. The average Bonchev–Trinajstić information content (AvgIpc) is 2.32. The van der Waals surface area contributed by atoms with E-state index >= 15 is 0 Å². The third-order valence-corrected chi connectivity index (χ3v) is 2.92. The number of carboxylic acid groups (broad SMARTS) is 1. The highest BCUT2D eigenvalue weighted by molar-refractivity contribution is 6.31. The van der Waals surface area contributed by atoms with E-state index in [4.69, 9.17) is 21.1 Å². The lowest BCUT2D eigenvalue weighted by molar-refractivity contribution is 0.0658. The van der Waals surface area contributed by atoms with Gasteiger partial charge in [-0.25, -0.2) is 9.59 Å². The molecule has 0 bridgehead atoms. The number of carbonyl (C=O) groups is 1. The molecule has 1 aromatic carbocycles. The van der Waals surface area contributed by atoms with Gasteiger partial charge in [-0.15, -0.1) is 0 Å². The monoisotopic (exact) mass is 264 g/mol. The molecule has 0 saturated carbocycles. The summed E-state index contributed by atoms with van der Waals surface area (Å²) in [5.74, 6) is -1.65. The number of aromatic carboxylic acids is 1. The van der Waals surface area contributed by atoms with Crippen LogP contribution in [-0.4, -0.2) is 11.1 Å². The predicted octanol–water partition coefficient (Wildman–Crippen LogP) is 2.97. The highest BCUT2D eigenvalue weighted by Crippen LogP contribution is 2.26. The van der Waals surface area contributed by atoms with Crippen molar-refractivity contribution in [2.45, 2.75) is 6.92 Å². The van der Waals surface area contributed by atoms with Gasteiger partial charge in [0, 0.05) is 16.7 Å². The van der Waals surface area contributed by atoms with Crippen LogP contribution in [0.25, 0.3) is 11.1 Å². The van der Waals surface area contributed by atoms with Gasteiger partial charge in [0.15, 0.2) is 0 Å². The molecule has 0 aliphatic heterocycles. The summed E-state index contributed by atoms with van der Waals surface area (Å²) in [6.45, 7) is 1.81. The van der Waals surface area contributed by atoms with Crippen LogP contribution in [0, 0.1) is 6.92 Å². The Hall–Kier alpha value is -2.07. The molecule has 1 aromatic heterocycles. The number of hydrogen-bond acceptors (Lipinski definition) is 3. The Morgan fingerprint density at radius 3 is 2.61 bits per heavy atom. The maximum absolute atomic E-state index is 11.0. The lowest BCUT2D eigenvalue weighted by atomic mass is 10.0. The van der Waals surface area contributed by atoms with E-state index in [-0.39, 0.29) is 5.76 Å². The van der Waals surface area contributed by atoms with Crippen LogP contribution >= 0.6 is 11.6 Å². The minimum atomic E-state index is -1.28. The molecular weight excluding hydrogens is 256 g/mol. The van der Waals surface area contributed by atoms with Gasteiger partial charge in [-0.3, -0.25) is 0 Å². The Labute approximate surface area is 107 Å². The highest BCUT2D eigenvalue weighted by Gasteiger charge is 2.15. The fraction of sp³-hybridized carbons (Fsp3) is 0.0769. The molecule has 18 heavy (non-hydrogen) atoms. The van der Waals surface area contributed by atoms with Crippen molar-refractivity contribution in [3.05, 3.63) is 57.1 Å². The van der Waals surface area contributed by atoms with Crippen LogP contribution in [0.1, 0.15) is 16.1 Å². The second-order valence-electron chi connectivity index (χ2n) is 3.77. The number of aryl methyl sites for hydroxylation is 1. The number of benzene rings is 1. The molecule has 0 spiro atoms. The minimum Gasteiger partial charge on any atom is -0.475 e. The van der Waals surface area contributed by atoms with E-state index < -0.39 is 11.6 Å². The van der Waals surface area contributed by atoms with E-state index in [9.17, 15) is 9.59 Å². The van der Waals surface area contributed by atoms with Crippen LogP contribution in [-0.2, 0) is 0 Å². The maximum Gasteiger partial charge on any atom is 0.372 e. The van der Waals surface area contributed by atoms with Gasteiger partial charge in [-0.2, -0.15) is 0 Å². The average molecular weight is 265 g/mol. The van der Waals surface area contributed by atoms with Crippen LogP contribution in [0.3, 0.4) is 0 Å². The molecule has 4 nitrogen and oxygen atoms in total. The van der Waals surface area contributed by atoms with E-state index in [0.717, 1.165) is 5.56 Å². The van der Waals surface area contributed by atoms with Crippen molar-refractivity contribution in [1.82, 2.24) is 0 Å². The van der Waals surface area contributed by atoms with Crippen molar-refractivity contribution in [2.24, 2.45) is 0 Å². The molecule has 5 heteroatoms. The molecule has 1 heterocycles. The van der Waals surface area contributed by atoms with E-state index in [2.05, 4.69) is 0 Å². The molecule has 0 atom stereocenters. The van der Waals surface area contributed by atoms with Gasteiger partial charge in [0.1, 0.15) is 0 Å². The molecule has 0 aliphatic rings. The lowest BCUT2D eigenvalue weighted by Crippen LogP contribution is -2.06. The molecule has 0 amide bonds. The quantitative estimate of drug-likeness (QED) is 0.905. The summed E-state index contributed by atoms with van der Waals surface area (Å²) in [5, 5.41) is 9.61. The lowest BCUT2D eigenvalue weighted by Gasteiger charge is -2.06. The highest BCUT2D eigenvalue weighted by atomic mass is 35.5. The molecule has 2 aromatic rings. The molecule has 0 aliphatic carbocycles. The molecule has 92 valence electrons. The molecular formula is C13H9ClO4. The second kappa shape index (κ2) is 4.66. The zero-order valence-electron chi connectivity index (χ0n) is 9.44. The van der Waals surface area contributed by atoms with Gasteiger partial charge < -0.3 is 9.52 Å². The normalized spacial score (nSPS) is 10.3. The summed E-state index contributed by atoms with van der Waals surface area (Å²) in [6, 6.07) is 7.70. The van der Waals surface area contributed by atoms with Crippen molar-refractivity contribution >= 4 is 17.6 Å². The van der Waals surface area contributed by atoms with Crippen molar-refractivity contribution in [2.75, 3.05) is 0 Å². The van der Waals surface area contributed by atoms with E-state index in [1.807, 2.05) is 6.92 Å². The number of rotatable bonds is 2. The number of carboxylic acids is 1. The topological polar surface area (TPSA) is 67.5 Å². The molecule has 0 saturated heterocycles. The molecule has 0 radical (unpaired) electrons. The van der Waals surface area contributed by atoms with Crippen molar-refractivity contribution in [1.29, 1.82) is 0 Å². The fourth-order valence-electron chi connectivity index (χ4n) is 1.62. The first-order valence-electron chi connectivity index (χ1n) is 5.13. The molecule has 0 unspecified atom stereocenters. The van der Waals surface area contributed by atoms with Crippen molar-refractivity contribution in [3.8, 4) is 11.1 Å². The van der Waals surface area contributed by atoms with E-state index in [1.54, 1.807) is 18.2 Å². The van der Waals surface area contributed by atoms with E-state index in [1.165, 1.54) is 12.1 Å². The Balaban J connectivity index is 2.66. The standard InChI is InChI=1S/C13H9ClO4/c1-7-6-8(2-4-10(7)14)9-3-5-11(15)18-12(9)13(16)17/h2-6H,1H3,(H,16,17). The molecule has 1 N–H and O–H groups in total. The van der Waals surface area contributed by atoms with Gasteiger partial charge >= 0.3 is 11.6 Å². The Morgan fingerprint density at radius 1 is 1.28 bits per heavy atom. The van der Waals surface area contributed by atoms with Gasteiger partial charge in [0.25, 0.3) is 0 Å². The van der Waals surface area contributed by atoms with Crippen LogP contribution in [0.4, 0.5) is 0 Å². The van der Waals surface area contributed by atoms with Gasteiger partial charge in [0.2, 0.25) is 5.76 Å². The summed E-state index contributed by atoms with van der Waals surface area (Å²) in [4.78, 5) is 22.1. The smallest absolute Gasteiger partial charge is 0.372 e. The van der Waals surface area contributed by atoms with Crippen LogP contribution < -0.4 is 5.63 Å². The summed E-state index contributed by atoms with van der Waals surface area (Å²) in [7, 11) is 0. The summed E-state index contributed by atoms with van der Waals surface area (Å²) in [5.41, 5.74) is 1.11. The first kappa shape index (κ1) is 12.4. The van der Waals surface area contributed by atoms with Gasteiger partial charge in [-0.1, -0.05) is 17.7 Å². The molecule has 0 fully saturated rings. The van der Waals surface area contributed by atoms with Crippen LogP contribution in [0.15, 0.2) is 39.5 Å². The third kappa shape index (κ3) is 2.28. The minimum absolute atomic E-state index is 0.349. The Kier molecular flexibility index (Phi) is 3.21. The first-order valence-corrected chi connectivity index (χ1v) is 5.51. The zero-order valence-corrected chi connectivity index (χ0v) is 10.2. The van der Waals surface area contributed by atoms with E-state index in [0.29, 0.717) is 16.1 Å². The summed E-state index contributed by atoms with van der Waals surface area (Å²) >= 11 is 5.91. The fourth-order valence-corrected chi connectivity index (χ4v) is 1.73. The summed E-state index contributed by atoms with van der Waals surface area (Å²) in [6.07, 6.45) is 0. The van der Waals surface area contributed by atoms with Crippen LogP contribution in [0.5, 0.6) is 0 Å². The maximum atomic E-state index is 11.0. The van der Waals surface area contributed by atoms with Crippen LogP contribution in [0.2, 0.25) is 5.02 Å². The zero-order chi connectivity index (χ0) is 13.3. The SMILES string of the molecule is Cc1cc(-c2ccc(=O)oc2C(=O)O)ccc1Cl. The Morgan fingerprint density at radius 2 is 2.00 bits per heavy atom.